The van der Waals surface area contributed by atoms with E-state index in [1.807, 2.05) is 42.5 Å². The van der Waals surface area contributed by atoms with E-state index in [4.69, 9.17) is 0 Å². The summed E-state index contributed by atoms with van der Waals surface area (Å²) >= 11 is 0. The SMILES string of the molecule is CCCS(=O)(=O)Nc1cccc(C(=O)Nc2cccc3ccccc23)c1. The second-order valence-corrected chi connectivity index (χ2v) is 7.82. The maximum atomic E-state index is 12.6. The number of hydrogen-bond acceptors (Lipinski definition) is 3. The van der Waals surface area contributed by atoms with Crippen molar-refractivity contribution in [1.82, 2.24) is 0 Å². The summed E-state index contributed by atoms with van der Waals surface area (Å²) in [5.74, 6) is -0.253. The van der Waals surface area contributed by atoms with E-state index in [9.17, 15) is 13.2 Å². The van der Waals surface area contributed by atoms with Gasteiger partial charge in [0.05, 0.1) is 5.75 Å². The van der Waals surface area contributed by atoms with Crippen molar-refractivity contribution in [1.29, 1.82) is 0 Å². The zero-order valence-corrected chi connectivity index (χ0v) is 15.2. The van der Waals surface area contributed by atoms with Gasteiger partial charge in [-0.2, -0.15) is 0 Å². The van der Waals surface area contributed by atoms with Crippen LogP contribution in [-0.4, -0.2) is 20.1 Å². The van der Waals surface area contributed by atoms with Gasteiger partial charge in [0.2, 0.25) is 10.0 Å². The summed E-state index contributed by atoms with van der Waals surface area (Å²) in [5, 5.41) is 4.88. The molecule has 0 saturated carbocycles. The minimum absolute atomic E-state index is 0.0411. The van der Waals surface area contributed by atoms with Crippen LogP contribution < -0.4 is 10.0 Å². The number of fused-ring (bicyclic) bond motifs is 1. The lowest BCUT2D eigenvalue weighted by molar-refractivity contribution is 0.102. The molecule has 134 valence electrons. The molecule has 0 bridgehead atoms. The minimum Gasteiger partial charge on any atom is -0.321 e. The van der Waals surface area contributed by atoms with Crippen molar-refractivity contribution in [3.8, 4) is 0 Å². The highest BCUT2D eigenvalue weighted by molar-refractivity contribution is 7.92. The van der Waals surface area contributed by atoms with Crippen molar-refractivity contribution < 1.29 is 13.2 Å². The predicted molar refractivity (Wildman–Crippen MR) is 106 cm³/mol. The van der Waals surface area contributed by atoms with E-state index < -0.39 is 10.0 Å². The third-order valence-electron chi connectivity index (χ3n) is 3.91. The van der Waals surface area contributed by atoms with Crippen LogP contribution in [0.4, 0.5) is 11.4 Å². The molecule has 6 heteroatoms. The van der Waals surface area contributed by atoms with Crippen LogP contribution in [0.2, 0.25) is 0 Å². The van der Waals surface area contributed by atoms with Crippen molar-refractivity contribution >= 4 is 38.1 Å². The van der Waals surface area contributed by atoms with Gasteiger partial charge in [-0.3, -0.25) is 9.52 Å². The van der Waals surface area contributed by atoms with E-state index in [1.165, 1.54) is 6.07 Å². The van der Waals surface area contributed by atoms with Gasteiger partial charge in [-0.05, 0) is 36.1 Å². The van der Waals surface area contributed by atoms with Crippen LogP contribution in [0.5, 0.6) is 0 Å². The number of carbonyl (C=O) groups excluding carboxylic acids is 1. The van der Waals surface area contributed by atoms with E-state index in [1.54, 1.807) is 25.1 Å². The predicted octanol–water partition coefficient (Wildman–Crippen LogP) is 4.24. The molecule has 0 radical (unpaired) electrons. The summed E-state index contributed by atoms with van der Waals surface area (Å²) in [6, 6.07) is 20.0. The summed E-state index contributed by atoms with van der Waals surface area (Å²) in [7, 11) is -3.40. The molecule has 0 unspecified atom stereocenters. The van der Waals surface area contributed by atoms with Crippen molar-refractivity contribution in [2.45, 2.75) is 13.3 Å². The number of anilines is 2. The quantitative estimate of drug-likeness (QED) is 0.683. The molecular formula is C20H20N2O3S. The number of nitrogens with one attached hydrogen (secondary N) is 2. The summed E-state index contributed by atoms with van der Waals surface area (Å²) in [5.41, 5.74) is 1.48. The van der Waals surface area contributed by atoms with Crippen molar-refractivity contribution in [3.63, 3.8) is 0 Å². The topological polar surface area (TPSA) is 75.3 Å². The Labute approximate surface area is 153 Å². The maximum Gasteiger partial charge on any atom is 0.255 e. The number of sulfonamides is 1. The molecule has 2 N–H and O–H groups in total. The van der Waals surface area contributed by atoms with Crippen molar-refractivity contribution in [3.05, 3.63) is 72.3 Å². The highest BCUT2D eigenvalue weighted by Gasteiger charge is 2.12. The lowest BCUT2D eigenvalue weighted by Gasteiger charge is -2.11. The molecule has 0 aliphatic heterocycles. The number of rotatable bonds is 6. The molecule has 0 aliphatic rings. The Balaban J connectivity index is 1.83. The fourth-order valence-electron chi connectivity index (χ4n) is 2.75. The summed E-state index contributed by atoms with van der Waals surface area (Å²) < 4.78 is 26.3. The zero-order valence-electron chi connectivity index (χ0n) is 14.4. The first kappa shape index (κ1) is 17.9. The number of hydrogen-bond donors (Lipinski definition) is 2. The van der Waals surface area contributed by atoms with Gasteiger partial charge in [-0.25, -0.2) is 8.42 Å². The lowest BCUT2D eigenvalue weighted by Crippen LogP contribution is -2.17. The van der Waals surface area contributed by atoms with Crippen LogP contribution in [0, 0.1) is 0 Å². The van der Waals surface area contributed by atoms with E-state index in [0.29, 0.717) is 23.4 Å². The van der Waals surface area contributed by atoms with Gasteiger partial charge in [0.25, 0.3) is 5.91 Å². The molecule has 0 spiro atoms. The van der Waals surface area contributed by atoms with Gasteiger partial charge in [-0.15, -0.1) is 0 Å². The Kier molecular flexibility index (Phi) is 5.23. The fraction of sp³-hybridized carbons (Fsp3) is 0.150. The van der Waals surface area contributed by atoms with Crippen LogP contribution in [0.25, 0.3) is 10.8 Å². The first-order valence-electron chi connectivity index (χ1n) is 8.38. The van der Waals surface area contributed by atoms with Gasteiger partial charge >= 0.3 is 0 Å². The number of carbonyl (C=O) groups is 1. The molecule has 3 rings (SSSR count). The third-order valence-corrected chi connectivity index (χ3v) is 5.40. The number of benzene rings is 3. The van der Waals surface area contributed by atoms with Crippen LogP contribution >= 0.6 is 0 Å². The lowest BCUT2D eigenvalue weighted by atomic mass is 10.1. The van der Waals surface area contributed by atoms with Gasteiger partial charge < -0.3 is 5.32 Å². The average molecular weight is 368 g/mol. The van der Waals surface area contributed by atoms with Gasteiger partial charge in [0.15, 0.2) is 0 Å². The molecule has 0 fully saturated rings. The van der Waals surface area contributed by atoms with Crippen LogP contribution in [-0.2, 0) is 10.0 Å². The van der Waals surface area contributed by atoms with Crippen LogP contribution in [0.1, 0.15) is 23.7 Å². The van der Waals surface area contributed by atoms with Crippen LogP contribution in [0.3, 0.4) is 0 Å². The highest BCUT2D eigenvalue weighted by atomic mass is 32.2. The van der Waals surface area contributed by atoms with Gasteiger partial charge in [-0.1, -0.05) is 49.4 Å². The van der Waals surface area contributed by atoms with Gasteiger partial charge in [0, 0.05) is 22.3 Å². The minimum atomic E-state index is -3.40. The summed E-state index contributed by atoms with van der Waals surface area (Å²) in [6.07, 6.45) is 0.524. The van der Waals surface area contributed by atoms with Crippen molar-refractivity contribution in [2.75, 3.05) is 15.8 Å². The van der Waals surface area contributed by atoms with Gasteiger partial charge in [0.1, 0.15) is 0 Å². The average Bonchev–Trinajstić information content (AvgIpc) is 2.62. The molecular weight excluding hydrogens is 348 g/mol. The number of amides is 1. The van der Waals surface area contributed by atoms with E-state index in [2.05, 4.69) is 10.0 Å². The molecule has 0 saturated heterocycles. The first-order valence-corrected chi connectivity index (χ1v) is 10.0. The fourth-order valence-corrected chi connectivity index (χ4v) is 3.88. The normalized spacial score (nSPS) is 11.3. The maximum absolute atomic E-state index is 12.6. The molecule has 0 atom stereocenters. The molecule has 0 heterocycles. The Morgan fingerprint density at radius 3 is 2.50 bits per heavy atom. The molecule has 0 aliphatic carbocycles. The second-order valence-electron chi connectivity index (χ2n) is 5.98. The molecule has 0 aromatic heterocycles. The molecule has 5 nitrogen and oxygen atoms in total. The molecule has 1 amide bonds. The first-order chi connectivity index (χ1) is 12.5. The molecule has 26 heavy (non-hydrogen) atoms. The molecule has 3 aromatic rings. The Hall–Kier alpha value is -2.86. The summed E-state index contributed by atoms with van der Waals surface area (Å²) in [4.78, 5) is 12.6. The summed E-state index contributed by atoms with van der Waals surface area (Å²) in [6.45, 7) is 1.80. The Bertz CT molecular complexity index is 1040. The van der Waals surface area contributed by atoms with Crippen molar-refractivity contribution in [2.24, 2.45) is 0 Å². The third kappa shape index (κ3) is 4.21. The van der Waals surface area contributed by atoms with E-state index in [0.717, 1.165) is 10.8 Å². The molecule has 3 aromatic carbocycles. The van der Waals surface area contributed by atoms with Crippen LogP contribution in [0.15, 0.2) is 66.7 Å². The Morgan fingerprint density at radius 1 is 0.962 bits per heavy atom. The largest absolute Gasteiger partial charge is 0.321 e. The van der Waals surface area contributed by atoms with E-state index in [-0.39, 0.29) is 11.7 Å². The second kappa shape index (κ2) is 7.58. The zero-order chi connectivity index (χ0) is 18.6. The monoisotopic (exact) mass is 368 g/mol. The Morgan fingerprint density at radius 2 is 1.69 bits per heavy atom. The highest BCUT2D eigenvalue weighted by Crippen LogP contribution is 2.24. The van der Waals surface area contributed by atoms with E-state index >= 15 is 0 Å². The smallest absolute Gasteiger partial charge is 0.255 e. The standard InChI is InChI=1S/C20H20N2O3S/c1-2-13-26(24,25)22-17-10-5-9-16(14-17)20(23)21-19-12-6-8-15-7-3-4-11-18(15)19/h3-12,14,22H,2,13H2,1H3,(H,21,23).